The van der Waals surface area contributed by atoms with E-state index >= 15 is 0 Å². The molecular weight excluding hydrogens is 397 g/mol. The number of benzene rings is 3. The van der Waals surface area contributed by atoms with Crippen molar-refractivity contribution in [1.29, 1.82) is 0 Å². The number of halogens is 2. The molecule has 0 saturated heterocycles. The summed E-state index contributed by atoms with van der Waals surface area (Å²) in [6.45, 7) is 1.80. The number of Topliss-reactive ketones (excluding diaryl/α,β-unsaturated/α-hetero) is 1. The van der Waals surface area contributed by atoms with Crippen molar-refractivity contribution in [3.63, 3.8) is 0 Å². The maximum atomic E-state index is 12.5. The molecule has 0 aliphatic carbocycles. The van der Waals surface area contributed by atoms with E-state index in [4.69, 9.17) is 27.9 Å². The van der Waals surface area contributed by atoms with Gasteiger partial charge in [0.15, 0.2) is 5.78 Å². The predicted molar refractivity (Wildman–Crippen MR) is 112 cm³/mol. The summed E-state index contributed by atoms with van der Waals surface area (Å²) in [5.41, 5.74) is 2.53. The summed E-state index contributed by atoms with van der Waals surface area (Å²) in [4.78, 5) is 23.8. The molecule has 0 atom stereocenters. The van der Waals surface area contributed by atoms with E-state index < -0.39 is 0 Å². The SMILES string of the molecule is CC(=O)c1ccc(NC(=O)c2cccc(OCc3ccc(Cl)c(Cl)c3)c2)cc1. The standard InChI is InChI=1S/C22H17Cl2NO3/c1-14(26)16-6-8-18(9-7-16)25-22(27)17-3-2-4-19(12-17)28-13-15-5-10-20(23)21(24)11-15/h2-12H,13H2,1H3,(H,25,27). The number of ketones is 1. The predicted octanol–water partition coefficient (Wildman–Crippen LogP) is 6.03. The Hall–Kier alpha value is -2.82. The number of ether oxygens (including phenoxy) is 1. The van der Waals surface area contributed by atoms with Crippen LogP contribution < -0.4 is 10.1 Å². The molecule has 3 aromatic carbocycles. The number of carbonyl (C=O) groups excluding carboxylic acids is 2. The lowest BCUT2D eigenvalue weighted by Gasteiger charge is -2.10. The molecular formula is C22H17Cl2NO3. The van der Waals surface area contributed by atoms with Crippen LogP contribution in [-0.4, -0.2) is 11.7 Å². The van der Waals surface area contributed by atoms with E-state index in [0.717, 1.165) is 5.56 Å². The van der Waals surface area contributed by atoms with Gasteiger partial charge in [0, 0.05) is 16.8 Å². The van der Waals surface area contributed by atoms with Gasteiger partial charge in [-0.25, -0.2) is 0 Å². The monoisotopic (exact) mass is 413 g/mol. The van der Waals surface area contributed by atoms with E-state index in [2.05, 4.69) is 5.32 Å². The Balaban J connectivity index is 1.65. The molecule has 0 aromatic heterocycles. The Bertz CT molecular complexity index is 1020. The van der Waals surface area contributed by atoms with Gasteiger partial charge in [-0.05, 0) is 67.1 Å². The van der Waals surface area contributed by atoms with E-state index in [1.165, 1.54) is 6.92 Å². The number of anilines is 1. The molecule has 3 rings (SSSR count). The van der Waals surface area contributed by atoms with E-state index in [1.54, 1.807) is 60.7 Å². The topological polar surface area (TPSA) is 55.4 Å². The second-order valence-corrected chi connectivity index (χ2v) is 6.97. The van der Waals surface area contributed by atoms with Crippen molar-refractivity contribution in [3.05, 3.63) is 93.5 Å². The first-order valence-electron chi connectivity index (χ1n) is 8.51. The molecule has 0 spiro atoms. The maximum Gasteiger partial charge on any atom is 0.255 e. The molecule has 0 bridgehead atoms. The van der Waals surface area contributed by atoms with E-state index in [1.807, 2.05) is 6.07 Å². The van der Waals surface area contributed by atoms with E-state index in [0.29, 0.717) is 39.2 Å². The average Bonchev–Trinajstić information content (AvgIpc) is 2.69. The van der Waals surface area contributed by atoms with Crippen molar-refractivity contribution in [2.45, 2.75) is 13.5 Å². The fourth-order valence-electron chi connectivity index (χ4n) is 2.51. The van der Waals surface area contributed by atoms with E-state index in [9.17, 15) is 9.59 Å². The van der Waals surface area contributed by atoms with Crippen molar-refractivity contribution in [2.75, 3.05) is 5.32 Å². The van der Waals surface area contributed by atoms with Gasteiger partial charge >= 0.3 is 0 Å². The summed E-state index contributed by atoms with van der Waals surface area (Å²) < 4.78 is 5.75. The number of carbonyl (C=O) groups is 2. The van der Waals surface area contributed by atoms with E-state index in [-0.39, 0.29) is 11.7 Å². The first-order chi connectivity index (χ1) is 13.4. The minimum Gasteiger partial charge on any atom is -0.489 e. The molecule has 0 unspecified atom stereocenters. The van der Waals surface area contributed by atoms with Gasteiger partial charge in [-0.15, -0.1) is 0 Å². The molecule has 28 heavy (non-hydrogen) atoms. The molecule has 0 aliphatic heterocycles. The van der Waals surface area contributed by atoms with Gasteiger partial charge in [0.2, 0.25) is 0 Å². The van der Waals surface area contributed by atoms with Gasteiger partial charge in [0.1, 0.15) is 12.4 Å². The number of hydrogen-bond donors (Lipinski definition) is 1. The third-order valence-corrected chi connectivity index (χ3v) is 4.77. The highest BCUT2D eigenvalue weighted by Crippen LogP contribution is 2.24. The summed E-state index contributed by atoms with van der Waals surface area (Å²) in [5, 5.41) is 3.75. The Morgan fingerprint density at radius 2 is 1.64 bits per heavy atom. The Morgan fingerprint density at radius 3 is 2.32 bits per heavy atom. The Labute approximate surface area is 173 Å². The normalized spacial score (nSPS) is 10.4. The molecule has 1 N–H and O–H groups in total. The largest absolute Gasteiger partial charge is 0.489 e. The van der Waals surface area contributed by atoms with Gasteiger partial charge in [0.25, 0.3) is 5.91 Å². The van der Waals surface area contributed by atoms with Crippen molar-refractivity contribution >= 4 is 40.6 Å². The molecule has 4 nitrogen and oxygen atoms in total. The summed E-state index contributed by atoms with van der Waals surface area (Å²) in [6, 6.07) is 18.9. The minimum atomic E-state index is -0.268. The molecule has 0 fully saturated rings. The van der Waals surface area contributed by atoms with Gasteiger partial charge < -0.3 is 10.1 Å². The van der Waals surface area contributed by atoms with Crippen molar-refractivity contribution in [3.8, 4) is 5.75 Å². The fourth-order valence-corrected chi connectivity index (χ4v) is 2.84. The second kappa shape index (κ2) is 8.91. The first-order valence-corrected chi connectivity index (χ1v) is 9.27. The van der Waals surface area contributed by atoms with Crippen LogP contribution in [0.3, 0.4) is 0 Å². The number of amides is 1. The highest BCUT2D eigenvalue weighted by atomic mass is 35.5. The first kappa shape index (κ1) is 19.9. The number of nitrogens with one attached hydrogen (secondary N) is 1. The lowest BCUT2D eigenvalue weighted by Crippen LogP contribution is -2.12. The van der Waals surface area contributed by atoms with Crippen LogP contribution in [-0.2, 0) is 6.61 Å². The van der Waals surface area contributed by atoms with Gasteiger partial charge in [-0.3, -0.25) is 9.59 Å². The summed E-state index contributed by atoms with van der Waals surface area (Å²) >= 11 is 11.9. The summed E-state index contributed by atoms with van der Waals surface area (Å²) in [5.74, 6) is 0.269. The lowest BCUT2D eigenvalue weighted by molar-refractivity contribution is 0.101. The van der Waals surface area contributed by atoms with Gasteiger partial charge in [0.05, 0.1) is 10.0 Å². The zero-order valence-electron chi connectivity index (χ0n) is 15.0. The van der Waals surface area contributed by atoms with Crippen molar-refractivity contribution in [2.24, 2.45) is 0 Å². The third-order valence-electron chi connectivity index (χ3n) is 4.04. The molecule has 1 amide bonds. The smallest absolute Gasteiger partial charge is 0.255 e. The Kier molecular flexibility index (Phi) is 6.34. The van der Waals surface area contributed by atoms with Crippen LogP contribution >= 0.6 is 23.2 Å². The van der Waals surface area contributed by atoms with Gasteiger partial charge in [-0.1, -0.05) is 35.3 Å². The zero-order valence-corrected chi connectivity index (χ0v) is 16.6. The molecule has 0 aliphatic rings. The second-order valence-electron chi connectivity index (χ2n) is 6.15. The highest BCUT2D eigenvalue weighted by molar-refractivity contribution is 6.42. The molecule has 142 valence electrons. The highest BCUT2D eigenvalue weighted by Gasteiger charge is 2.09. The quantitative estimate of drug-likeness (QED) is 0.502. The minimum absolute atomic E-state index is 0.0234. The van der Waals surface area contributed by atoms with Crippen LogP contribution in [0.4, 0.5) is 5.69 Å². The third kappa shape index (κ3) is 5.12. The van der Waals surface area contributed by atoms with Crippen molar-refractivity contribution in [1.82, 2.24) is 0 Å². The summed E-state index contributed by atoms with van der Waals surface area (Å²) in [7, 11) is 0. The molecule has 0 radical (unpaired) electrons. The number of hydrogen-bond acceptors (Lipinski definition) is 3. The molecule has 3 aromatic rings. The van der Waals surface area contributed by atoms with Gasteiger partial charge in [-0.2, -0.15) is 0 Å². The van der Waals surface area contributed by atoms with Crippen LogP contribution in [0.1, 0.15) is 33.2 Å². The maximum absolute atomic E-state index is 12.5. The number of rotatable bonds is 6. The van der Waals surface area contributed by atoms with Crippen LogP contribution in [0, 0.1) is 0 Å². The van der Waals surface area contributed by atoms with Crippen LogP contribution in [0.15, 0.2) is 66.7 Å². The molecule has 6 heteroatoms. The fraction of sp³-hybridized carbons (Fsp3) is 0.0909. The van der Waals surface area contributed by atoms with Crippen LogP contribution in [0.25, 0.3) is 0 Å². The average molecular weight is 414 g/mol. The summed E-state index contributed by atoms with van der Waals surface area (Å²) in [6.07, 6.45) is 0. The lowest BCUT2D eigenvalue weighted by atomic mass is 10.1. The van der Waals surface area contributed by atoms with Crippen LogP contribution in [0.5, 0.6) is 5.75 Å². The molecule has 0 saturated carbocycles. The van der Waals surface area contributed by atoms with Crippen LogP contribution in [0.2, 0.25) is 10.0 Å². The Morgan fingerprint density at radius 1 is 0.893 bits per heavy atom. The van der Waals surface area contributed by atoms with Crippen molar-refractivity contribution < 1.29 is 14.3 Å². The molecule has 0 heterocycles. The zero-order chi connectivity index (χ0) is 20.1.